The molecule has 2 aromatic rings. The molecule has 0 bridgehead atoms. The number of ether oxygens (including phenoxy) is 2. The van der Waals surface area contributed by atoms with Crippen molar-refractivity contribution < 1.29 is 18.7 Å². The second-order valence-corrected chi connectivity index (χ2v) is 5.01. The Morgan fingerprint density at radius 3 is 2.61 bits per heavy atom. The summed E-state index contributed by atoms with van der Waals surface area (Å²) < 4.78 is 15.8. The van der Waals surface area contributed by atoms with Crippen LogP contribution in [0.3, 0.4) is 0 Å². The second kappa shape index (κ2) is 8.08. The lowest BCUT2D eigenvalue weighted by atomic mass is 10.1. The molecule has 5 nitrogen and oxygen atoms in total. The normalized spacial score (nSPS) is 10.7. The number of methoxy groups -OCH3 is 2. The van der Waals surface area contributed by atoms with E-state index in [0.717, 1.165) is 11.3 Å². The van der Waals surface area contributed by atoms with Gasteiger partial charge in [-0.2, -0.15) is 0 Å². The van der Waals surface area contributed by atoms with Crippen molar-refractivity contribution in [1.82, 2.24) is 5.32 Å². The van der Waals surface area contributed by atoms with Gasteiger partial charge in [0.15, 0.2) is 11.5 Å². The first-order valence-electron chi connectivity index (χ1n) is 7.35. The lowest BCUT2D eigenvalue weighted by molar-refractivity contribution is -0.116. The molecule has 0 aliphatic rings. The molecule has 2 rings (SSSR count). The van der Waals surface area contributed by atoms with Crippen LogP contribution in [-0.4, -0.2) is 26.7 Å². The smallest absolute Gasteiger partial charge is 0.244 e. The van der Waals surface area contributed by atoms with Crippen LogP contribution in [0.4, 0.5) is 0 Å². The van der Waals surface area contributed by atoms with E-state index in [-0.39, 0.29) is 5.91 Å². The first-order valence-corrected chi connectivity index (χ1v) is 7.35. The van der Waals surface area contributed by atoms with Crippen molar-refractivity contribution in [2.75, 3.05) is 20.8 Å². The van der Waals surface area contributed by atoms with Crippen molar-refractivity contribution in [3.63, 3.8) is 0 Å². The minimum atomic E-state index is -0.153. The standard InChI is InChI=1S/C18H21NO4/c1-13-4-6-15(23-13)7-9-18(20)19-11-10-14-5-8-16(21-2)17(12-14)22-3/h4-9,12H,10-11H2,1-3H3,(H,19,20). The fourth-order valence-electron chi connectivity index (χ4n) is 2.13. The van der Waals surface area contributed by atoms with Crippen molar-refractivity contribution in [3.05, 3.63) is 53.5 Å². The maximum absolute atomic E-state index is 11.8. The molecular formula is C18H21NO4. The van der Waals surface area contributed by atoms with E-state index in [9.17, 15) is 4.79 Å². The molecule has 122 valence electrons. The molecule has 0 atom stereocenters. The maximum Gasteiger partial charge on any atom is 0.244 e. The molecule has 0 radical (unpaired) electrons. The average Bonchev–Trinajstić information content (AvgIpc) is 2.98. The SMILES string of the molecule is COc1ccc(CCNC(=O)C=Cc2ccc(C)o2)cc1OC. The summed E-state index contributed by atoms with van der Waals surface area (Å²) in [6, 6.07) is 9.40. The highest BCUT2D eigenvalue weighted by Gasteiger charge is 2.05. The summed E-state index contributed by atoms with van der Waals surface area (Å²) in [5.41, 5.74) is 1.06. The van der Waals surface area contributed by atoms with Crippen LogP contribution in [0.25, 0.3) is 6.08 Å². The Hall–Kier alpha value is -2.69. The van der Waals surface area contributed by atoms with Gasteiger partial charge in [0, 0.05) is 12.6 Å². The third-order valence-corrected chi connectivity index (χ3v) is 3.32. The zero-order valence-corrected chi connectivity index (χ0v) is 13.6. The maximum atomic E-state index is 11.8. The number of amides is 1. The summed E-state index contributed by atoms with van der Waals surface area (Å²) in [5, 5.41) is 2.83. The van der Waals surface area contributed by atoms with Crippen LogP contribution in [0.5, 0.6) is 11.5 Å². The van der Waals surface area contributed by atoms with E-state index in [4.69, 9.17) is 13.9 Å². The Morgan fingerprint density at radius 2 is 1.96 bits per heavy atom. The van der Waals surface area contributed by atoms with Crippen molar-refractivity contribution in [3.8, 4) is 11.5 Å². The quantitative estimate of drug-likeness (QED) is 0.798. The van der Waals surface area contributed by atoms with Gasteiger partial charge in [0.05, 0.1) is 14.2 Å². The predicted molar refractivity (Wildman–Crippen MR) is 88.7 cm³/mol. The molecular weight excluding hydrogens is 294 g/mol. The lowest BCUT2D eigenvalue weighted by Gasteiger charge is -2.09. The summed E-state index contributed by atoms with van der Waals surface area (Å²) >= 11 is 0. The number of nitrogens with one attached hydrogen (secondary N) is 1. The van der Waals surface area contributed by atoms with E-state index in [1.807, 2.05) is 37.3 Å². The molecule has 0 aliphatic carbocycles. The van der Waals surface area contributed by atoms with Gasteiger partial charge < -0.3 is 19.2 Å². The summed E-state index contributed by atoms with van der Waals surface area (Å²) in [6.45, 7) is 2.40. The van der Waals surface area contributed by atoms with E-state index in [0.29, 0.717) is 30.2 Å². The number of carbonyl (C=O) groups is 1. The predicted octanol–water partition coefficient (Wildman–Crippen LogP) is 2.98. The van der Waals surface area contributed by atoms with E-state index < -0.39 is 0 Å². The minimum Gasteiger partial charge on any atom is -0.493 e. The van der Waals surface area contributed by atoms with Crippen LogP contribution in [-0.2, 0) is 11.2 Å². The van der Waals surface area contributed by atoms with Gasteiger partial charge >= 0.3 is 0 Å². The fourth-order valence-corrected chi connectivity index (χ4v) is 2.13. The summed E-state index contributed by atoms with van der Waals surface area (Å²) in [4.78, 5) is 11.8. The molecule has 0 unspecified atom stereocenters. The van der Waals surface area contributed by atoms with Gasteiger partial charge in [-0.1, -0.05) is 6.07 Å². The van der Waals surface area contributed by atoms with E-state index in [1.165, 1.54) is 6.08 Å². The molecule has 0 aliphatic heterocycles. The first kappa shape index (κ1) is 16.7. The number of hydrogen-bond acceptors (Lipinski definition) is 4. The van der Waals surface area contributed by atoms with Gasteiger partial charge in [0.25, 0.3) is 0 Å². The van der Waals surface area contributed by atoms with Gasteiger partial charge in [-0.15, -0.1) is 0 Å². The number of hydrogen-bond donors (Lipinski definition) is 1. The van der Waals surface area contributed by atoms with Crippen LogP contribution in [0, 0.1) is 6.92 Å². The van der Waals surface area contributed by atoms with Crippen molar-refractivity contribution in [2.45, 2.75) is 13.3 Å². The Bertz CT molecular complexity index is 688. The molecule has 1 aromatic heterocycles. The van der Waals surface area contributed by atoms with Gasteiger partial charge in [-0.3, -0.25) is 4.79 Å². The molecule has 1 heterocycles. The summed E-state index contributed by atoms with van der Waals surface area (Å²) in [7, 11) is 3.20. The molecule has 1 amide bonds. The molecule has 0 saturated heterocycles. The monoisotopic (exact) mass is 315 g/mol. The highest BCUT2D eigenvalue weighted by Crippen LogP contribution is 2.27. The lowest BCUT2D eigenvalue weighted by Crippen LogP contribution is -2.23. The molecule has 5 heteroatoms. The zero-order valence-electron chi connectivity index (χ0n) is 13.6. The number of aryl methyl sites for hydroxylation is 1. The molecule has 0 fully saturated rings. The van der Waals surface area contributed by atoms with Crippen molar-refractivity contribution in [2.24, 2.45) is 0 Å². The Kier molecular flexibility index (Phi) is 5.86. The molecule has 1 N–H and O–H groups in total. The van der Waals surface area contributed by atoms with E-state index >= 15 is 0 Å². The third kappa shape index (κ3) is 4.92. The van der Waals surface area contributed by atoms with Crippen LogP contribution in [0.15, 0.2) is 40.8 Å². The molecule has 1 aromatic carbocycles. The Labute approximate surface area is 135 Å². The zero-order chi connectivity index (χ0) is 16.7. The van der Waals surface area contributed by atoms with Crippen LogP contribution in [0.1, 0.15) is 17.1 Å². The Morgan fingerprint density at radius 1 is 1.17 bits per heavy atom. The highest BCUT2D eigenvalue weighted by molar-refractivity contribution is 5.91. The van der Waals surface area contributed by atoms with Gasteiger partial charge in [-0.05, 0) is 49.2 Å². The van der Waals surface area contributed by atoms with E-state index in [1.54, 1.807) is 20.3 Å². The number of rotatable bonds is 7. The fraction of sp³-hybridized carbons (Fsp3) is 0.278. The van der Waals surface area contributed by atoms with Gasteiger partial charge in [0.2, 0.25) is 5.91 Å². The van der Waals surface area contributed by atoms with Crippen LogP contribution in [0.2, 0.25) is 0 Å². The molecule has 0 saturated carbocycles. The van der Waals surface area contributed by atoms with Crippen molar-refractivity contribution in [1.29, 1.82) is 0 Å². The Balaban J connectivity index is 1.82. The average molecular weight is 315 g/mol. The topological polar surface area (TPSA) is 60.7 Å². The largest absolute Gasteiger partial charge is 0.493 e. The summed E-state index contributed by atoms with van der Waals surface area (Å²) in [5.74, 6) is 2.71. The number of furan rings is 1. The van der Waals surface area contributed by atoms with Crippen LogP contribution >= 0.6 is 0 Å². The van der Waals surface area contributed by atoms with E-state index in [2.05, 4.69) is 5.32 Å². The minimum absolute atomic E-state index is 0.153. The summed E-state index contributed by atoms with van der Waals surface area (Å²) in [6.07, 6.45) is 3.82. The van der Waals surface area contributed by atoms with Crippen molar-refractivity contribution >= 4 is 12.0 Å². The third-order valence-electron chi connectivity index (χ3n) is 3.32. The highest BCUT2D eigenvalue weighted by atomic mass is 16.5. The van der Waals surface area contributed by atoms with Gasteiger partial charge in [0.1, 0.15) is 11.5 Å². The number of carbonyl (C=O) groups excluding carboxylic acids is 1. The first-order chi connectivity index (χ1) is 11.1. The van der Waals surface area contributed by atoms with Gasteiger partial charge in [-0.25, -0.2) is 0 Å². The number of benzene rings is 1. The molecule has 0 spiro atoms. The molecule has 23 heavy (non-hydrogen) atoms. The van der Waals surface area contributed by atoms with Crippen LogP contribution < -0.4 is 14.8 Å². The second-order valence-electron chi connectivity index (χ2n) is 5.01.